The third-order valence-corrected chi connectivity index (χ3v) is 5.59. The fourth-order valence-electron chi connectivity index (χ4n) is 3.99. The Balaban J connectivity index is 1.40. The average Bonchev–Trinajstić information content (AvgIpc) is 2.69. The van der Waals surface area contributed by atoms with Crippen molar-refractivity contribution >= 4 is 5.95 Å². The first-order chi connectivity index (χ1) is 12.4. The molecule has 0 bridgehead atoms. The summed E-state index contributed by atoms with van der Waals surface area (Å²) in [5, 5.41) is 0. The molecule has 4 heterocycles. The Morgan fingerprint density at radius 1 is 1.04 bits per heavy atom. The number of hydrogen-bond donors (Lipinski definition) is 0. The van der Waals surface area contributed by atoms with Crippen molar-refractivity contribution in [2.75, 3.05) is 37.8 Å². The fraction of sp³-hybridized carbons (Fsp3) is 0.526. The van der Waals surface area contributed by atoms with Gasteiger partial charge in [0, 0.05) is 50.3 Å². The molecule has 2 aromatic heterocycles. The van der Waals surface area contributed by atoms with E-state index in [1.165, 1.54) is 0 Å². The lowest BCUT2D eigenvalue weighted by Gasteiger charge is -2.48. The number of anilines is 1. The maximum atomic E-state index is 5.96. The van der Waals surface area contributed by atoms with Crippen LogP contribution < -0.4 is 9.64 Å². The lowest BCUT2D eigenvalue weighted by Crippen LogP contribution is -2.50. The van der Waals surface area contributed by atoms with Crippen LogP contribution in [0.15, 0.2) is 42.9 Å². The molecular weight excluding hydrogens is 316 g/mol. The zero-order valence-corrected chi connectivity index (χ0v) is 14.4. The van der Waals surface area contributed by atoms with Crippen LogP contribution >= 0.6 is 0 Å². The molecule has 132 valence electrons. The Kier molecular flexibility index (Phi) is 4.78. The summed E-state index contributed by atoms with van der Waals surface area (Å²) in [6, 6.07) is 7.62. The number of nitrogens with zero attached hydrogens (tertiary/aromatic N) is 4. The van der Waals surface area contributed by atoms with Crippen LogP contribution in [-0.2, 0) is 4.74 Å². The van der Waals surface area contributed by atoms with Gasteiger partial charge in [-0.1, -0.05) is 6.07 Å². The standard InChI is InChI=1S/C19H24N4O2/c1-2-8-20-17(4-1)25-15-16-14-24-13-7-19(16)5-11-23(12-6-19)18-21-9-3-10-22-18/h1-4,8-10,16H,5-7,11-15H2. The van der Waals surface area contributed by atoms with Crippen molar-refractivity contribution in [2.45, 2.75) is 19.3 Å². The van der Waals surface area contributed by atoms with Crippen molar-refractivity contribution in [2.24, 2.45) is 11.3 Å². The largest absolute Gasteiger partial charge is 0.477 e. The Labute approximate surface area is 148 Å². The molecule has 6 nitrogen and oxygen atoms in total. The van der Waals surface area contributed by atoms with E-state index in [0.29, 0.717) is 18.4 Å². The summed E-state index contributed by atoms with van der Waals surface area (Å²) in [7, 11) is 0. The van der Waals surface area contributed by atoms with Crippen molar-refractivity contribution in [3.63, 3.8) is 0 Å². The summed E-state index contributed by atoms with van der Waals surface area (Å²) in [4.78, 5) is 15.3. The number of pyridine rings is 1. The van der Waals surface area contributed by atoms with Crippen molar-refractivity contribution < 1.29 is 9.47 Å². The Bertz CT molecular complexity index is 660. The molecule has 2 aliphatic rings. The van der Waals surface area contributed by atoms with Crippen molar-refractivity contribution in [1.82, 2.24) is 15.0 Å². The number of piperidine rings is 1. The minimum Gasteiger partial charge on any atom is -0.477 e. The van der Waals surface area contributed by atoms with Gasteiger partial charge in [-0.15, -0.1) is 0 Å². The van der Waals surface area contributed by atoms with Crippen LogP contribution in [0.1, 0.15) is 19.3 Å². The van der Waals surface area contributed by atoms with Gasteiger partial charge in [0.1, 0.15) is 0 Å². The van der Waals surface area contributed by atoms with E-state index in [1.54, 1.807) is 6.20 Å². The minimum absolute atomic E-state index is 0.290. The molecule has 4 rings (SSSR count). The molecule has 6 heteroatoms. The Morgan fingerprint density at radius 2 is 1.84 bits per heavy atom. The van der Waals surface area contributed by atoms with Crippen molar-refractivity contribution in [3.05, 3.63) is 42.9 Å². The molecule has 2 fully saturated rings. The van der Waals surface area contributed by atoms with E-state index in [-0.39, 0.29) is 5.41 Å². The molecule has 0 aromatic carbocycles. The molecule has 1 atom stereocenters. The summed E-state index contributed by atoms with van der Waals surface area (Å²) >= 11 is 0. The van der Waals surface area contributed by atoms with E-state index >= 15 is 0 Å². The van der Waals surface area contributed by atoms with Crippen LogP contribution in [-0.4, -0.2) is 47.9 Å². The summed E-state index contributed by atoms with van der Waals surface area (Å²) in [5.41, 5.74) is 0.290. The second-order valence-corrected chi connectivity index (χ2v) is 6.90. The maximum absolute atomic E-state index is 5.96. The van der Waals surface area contributed by atoms with Gasteiger partial charge < -0.3 is 14.4 Å². The highest BCUT2D eigenvalue weighted by molar-refractivity contribution is 5.29. The molecular formula is C19H24N4O2. The second kappa shape index (κ2) is 7.35. The van der Waals surface area contributed by atoms with Gasteiger partial charge in [-0.05, 0) is 36.8 Å². The first-order valence-electron chi connectivity index (χ1n) is 8.99. The molecule has 2 saturated heterocycles. The maximum Gasteiger partial charge on any atom is 0.225 e. The molecule has 2 aromatic rings. The quantitative estimate of drug-likeness (QED) is 0.852. The van der Waals surface area contributed by atoms with Gasteiger partial charge in [0.05, 0.1) is 13.2 Å². The Morgan fingerprint density at radius 3 is 2.60 bits per heavy atom. The highest BCUT2D eigenvalue weighted by Crippen LogP contribution is 2.45. The molecule has 0 amide bonds. The number of aromatic nitrogens is 3. The van der Waals surface area contributed by atoms with Gasteiger partial charge in [-0.2, -0.15) is 0 Å². The topological polar surface area (TPSA) is 60.4 Å². The minimum atomic E-state index is 0.290. The van der Waals surface area contributed by atoms with Gasteiger partial charge in [-0.25, -0.2) is 15.0 Å². The third kappa shape index (κ3) is 3.58. The summed E-state index contributed by atoms with van der Waals surface area (Å²) in [6.45, 7) is 4.27. The van der Waals surface area contributed by atoms with E-state index < -0.39 is 0 Å². The lowest BCUT2D eigenvalue weighted by molar-refractivity contribution is -0.0701. The van der Waals surface area contributed by atoms with Crippen LogP contribution in [0.5, 0.6) is 5.88 Å². The molecule has 1 spiro atoms. The average molecular weight is 340 g/mol. The lowest BCUT2D eigenvalue weighted by atomic mass is 9.66. The van der Waals surface area contributed by atoms with Crippen LogP contribution in [0.3, 0.4) is 0 Å². The predicted octanol–water partition coefficient (Wildman–Crippen LogP) is 2.57. The fourth-order valence-corrected chi connectivity index (χ4v) is 3.99. The molecule has 25 heavy (non-hydrogen) atoms. The summed E-state index contributed by atoms with van der Waals surface area (Å²) in [6.07, 6.45) is 8.75. The van der Waals surface area contributed by atoms with E-state index in [2.05, 4.69) is 19.9 Å². The van der Waals surface area contributed by atoms with Gasteiger partial charge in [0.25, 0.3) is 0 Å². The van der Waals surface area contributed by atoms with Gasteiger partial charge in [0.2, 0.25) is 11.8 Å². The van der Waals surface area contributed by atoms with Crippen LogP contribution in [0.25, 0.3) is 0 Å². The smallest absolute Gasteiger partial charge is 0.225 e. The summed E-state index contributed by atoms with van der Waals surface area (Å²) < 4.78 is 11.7. The van der Waals surface area contributed by atoms with Gasteiger partial charge >= 0.3 is 0 Å². The van der Waals surface area contributed by atoms with E-state index in [1.807, 2.05) is 36.7 Å². The zero-order chi connectivity index (χ0) is 17.0. The molecule has 0 aliphatic carbocycles. The first-order valence-corrected chi connectivity index (χ1v) is 8.99. The highest BCUT2D eigenvalue weighted by Gasteiger charge is 2.44. The molecule has 2 aliphatic heterocycles. The van der Waals surface area contributed by atoms with Gasteiger partial charge in [-0.3, -0.25) is 0 Å². The summed E-state index contributed by atoms with van der Waals surface area (Å²) in [5.74, 6) is 1.94. The zero-order valence-electron chi connectivity index (χ0n) is 14.4. The first kappa shape index (κ1) is 16.3. The molecule has 0 N–H and O–H groups in total. The second-order valence-electron chi connectivity index (χ2n) is 6.90. The van der Waals surface area contributed by atoms with Gasteiger partial charge in [0.15, 0.2) is 0 Å². The monoisotopic (exact) mass is 340 g/mol. The van der Waals surface area contributed by atoms with Crippen molar-refractivity contribution in [1.29, 1.82) is 0 Å². The highest BCUT2D eigenvalue weighted by atomic mass is 16.5. The predicted molar refractivity (Wildman–Crippen MR) is 94.6 cm³/mol. The molecule has 1 unspecified atom stereocenters. The molecule has 0 saturated carbocycles. The van der Waals surface area contributed by atoms with E-state index in [9.17, 15) is 0 Å². The van der Waals surface area contributed by atoms with Crippen LogP contribution in [0.4, 0.5) is 5.95 Å². The van der Waals surface area contributed by atoms with E-state index in [0.717, 1.165) is 51.5 Å². The van der Waals surface area contributed by atoms with Crippen LogP contribution in [0, 0.1) is 11.3 Å². The SMILES string of the molecule is c1ccc(OCC2COCCC23CCN(c2ncccn2)CC3)nc1. The van der Waals surface area contributed by atoms with Crippen molar-refractivity contribution in [3.8, 4) is 5.88 Å². The Hall–Kier alpha value is -2.21. The third-order valence-electron chi connectivity index (χ3n) is 5.59. The van der Waals surface area contributed by atoms with E-state index in [4.69, 9.17) is 9.47 Å². The number of hydrogen-bond acceptors (Lipinski definition) is 6. The molecule has 0 radical (unpaired) electrons. The number of ether oxygens (including phenoxy) is 2. The normalized spacial score (nSPS) is 22.7. The number of rotatable bonds is 4. The van der Waals surface area contributed by atoms with Crippen LogP contribution in [0.2, 0.25) is 0 Å².